The Morgan fingerprint density at radius 1 is 1.52 bits per heavy atom. The van der Waals surface area contributed by atoms with Gasteiger partial charge in [-0.25, -0.2) is 0 Å². The summed E-state index contributed by atoms with van der Waals surface area (Å²) in [5.41, 5.74) is 4.02. The van der Waals surface area contributed by atoms with Crippen LogP contribution in [0.4, 0.5) is 0 Å². The minimum absolute atomic E-state index is 0.132. The lowest BCUT2D eigenvalue weighted by Crippen LogP contribution is -2.24. The molecular formula is C18H25NO2. The highest BCUT2D eigenvalue weighted by atomic mass is 16.5. The fourth-order valence-corrected chi connectivity index (χ4v) is 2.96. The number of hydrogen-bond acceptors (Lipinski definition) is 2. The van der Waals surface area contributed by atoms with Crippen LogP contribution in [-0.2, 0) is 11.2 Å². The minimum Gasteiger partial charge on any atom is -0.489 e. The summed E-state index contributed by atoms with van der Waals surface area (Å²) in [6.07, 6.45) is 5.62. The van der Waals surface area contributed by atoms with Crippen LogP contribution in [0.15, 0.2) is 24.8 Å². The number of aryl methyl sites for hydroxylation is 2. The van der Waals surface area contributed by atoms with Gasteiger partial charge >= 0.3 is 0 Å². The second kappa shape index (κ2) is 7.30. The van der Waals surface area contributed by atoms with Gasteiger partial charge in [0.2, 0.25) is 5.91 Å². The van der Waals surface area contributed by atoms with Gasteiger partial charge in [0.05, 0.1) is 0 Å². The lowest BCUT2D eigenvalue weighted by Gasteiger charge is -2.15. The molecule has 0 saturated heterocycles. The largest absolute Gasteiger partial charge is 0.489 e. The fraction of sp³-hybridized carbons (Fsp3) is 0.500. The number of hydrogen-bond donors (Lipinski definition) is 1. The molecule has 1 amide bonds. The van der Waals surface area contributed by atoms with Crippen LogP contribution in [-0.4, -0.2) is 19.1 Å². The molecule has 3 nitrogen and oxygen atoms in total. The summed E-state index contributed by atoms with van der Waals surface area (Å²) in [6, 6.07) is 4.44. The molecule has 2 rings (SSSR count). The number of fused-ring (bicyclic) bond motifs is 1. The third-order valence-electron chi connectivity index (χ3n) is 4.13. The van der Waals surface area contributed by atoms with Crippen molar-refractivity contribution in [1.82, 2.24) is 5.32 Å². The monoisotopic (exact) mass is 287 g/mol. The fourth-order valence-electron chi connectivity index (χ4n) is 2.96. The number of carbonyl (C=O) groups excluding carboxylic acids is 1. The average molecular weight is 287 g/mol. The van der Waals surface area contributed by atoms with Crippen LogP contribution in [0.1, 0.15) is 48.8 Å². The molecule has 0 spiro atoms. The summed E-state index contributed by atoms with van der Waals surface area (Å²) in [4.78, 5) is 11.3. The average Bonchev–Trinajstić information content (AvgIpc) is 2.86. The van der Waals surface area contributed by atoms with Crippen molar-refractivity contribution in [2.45, 2.75) is 45.4 Å². The summed E-state index contributed by atoms with van der Waals surface area (Å²) >= 11 is 0. The first-order valence-corrected chi connectivity index (χ1v) is 7.79. The smallest absolute Gasteiger partial charge is 0.219 e. The molecule has 0 fully saturated rings. The van der Waals surface area contributed by atoms with E-state index in [4.69, 9.17) is 4.74 Å². The van der Waals surface area contributed by atoms with Gasteiger partial charge in [-0.1, -0.05) is 25.6 Å². The Labute approximate surface area is 127 Å². The molecule has 21 heavy (non-hydrogen) atoms. The van der Waals surface area contributed by atoms with Crippen molar-refractivity contribution >= 4 is 5.91 Å². The predicted octanol–water partition coefficient (Wildman–Crippen LogP) is 3.51. The van der Waals surface area contributed by atoms with Crippen molar-refractivity contribution in [2.75, 3.05) is 13.2 Å². The van der Waals surface area contributed by atoms with Gasteiger partial charge in [0.25, 0.3) is 0 Å². The van der Waals surface area contributed by atoms with Crippen LogP contribution in [0.2, 0.25) is 0 Å². The zero-order chi connectivity index (χ0) is 15.2. The van der Waals surface area contributed by atoms with E-state index < -0.39 is 0 Å². The molecule has 0 aliphatic heterocycles. The number of amides is 1. The number of rotatable bonds is 7. The highest BCUT2D eigenvalue weighted by Gasteiger charge is 2.23. The normalized spacial score (nSPS) is 16.4. The van der Waals surface area contributed by atoms with E-state index in [1.165, 1.54) is 23.1 Å². The molecule has 3 heteroatoms. The molecule has 1 aromatic rings. The summed E-state index contributed by atoms with van der Waals surface area (Å²) in [6.45, 7) is 8.96. The Balaban J connectivity index is 2.03. The van der Waals surface area contributed by atoms with E-state index in [0.29, 0.717) is 18.9 Å². The lowest BCUT2D eigenvalue weighted by molar-refractivity contribution is -0.120. The number of ether oxygens (including phenoxy) is 1. The number of benzene rings is 1. The van der Waals surface area contributed by atoms with E-state index in [9.17, 15) is 4.79 Å². The SMILES string of the molecule is C=CCOc1cc2c(cc1C)CC[C@H]2CCNC(=O)CC. The van der Waals surface area contributed by atoms with E-state index in [2.05, 4.69) is 31.0 Å². The quantitative estimate of drug-likeness (QED) is 0.779. The van der Waals surface area contributed by atoms with Crippen LogP contribution < -0.4 is 10.1 Å². The van der Waals surface area contributed by atoms with Crippen molar-refractivity contribution in [1.29, 1.82) is 0 Å². The van der Waals surface area contributed by atoms with Gasteiger partial charge in [0.1, 0.15) is 12.4 Å². The number of nitrogens with one attached hydrogen (secondary N) is 1. The van der Waals surface area contributed by atoms with Gasteiger partial charge in [-0.05, 0) is 54.9 Å². The Hall–Kier alpha value is -1.77. The van der Waals surface area contributed by atoms with E-state index in [-0.39, 0.29) is 5.91 Å². The third kappa shape index (κ3) is 3.87. The molecule has 1 aromatic carbocycles. The van der Waals surface area contributed by atoms with Gasteiger partial charge in [-0.2, -0.15) is 0 Å². The van der Waals surface area contributed by atoms with Gasteiger partial charge in [0, 0.05) is 13.0 Å². The van der Waals surface area contributed by atoms with Crippen molar-refractivity contribution in [2.24, 2.45) is 0 Å². The van der Waals surface area contributed by atoms with E-state index in [1.54, 1.807) is 6.08 Å². The Bertz CT molecular complexity index is 522. The summed E-state index contributed by atoms with van der Waals surface area (Å²) in [7, 11) is 0. The molecule has 0 unspecified atom stereocenters. The standard InChI is InChI=1S/C18H25NO2/c1-4-10-21-17-12-16-14(8-9-19-18(20)5-2)6-7-15(16)11-13(17)3/h4,11-12,14H,1,5-10H2,2-3H3,(H,19,20)/t14-/m0/s1. The molecule has 1 N–H and O–H groups in total. The molecule has 0 heterocycles. The Morgan fingerprint density at radius 2 is 2.33 bits per heavy atom. The van der Waals surface area contributed by atoms with Crippen LogP contribution in [0.5, 0.6) is 5.75 Å². The molecule has 0 radical (unpaired) electrons. The first-order chi connectivity index (χ1) is 10.2. The Morgan fingerprint density at radius 3 is 3.05 bits per heavy atom. The van der Waals surface area contributed by atoms with Crippen LogP contribution in [0.25, 0.3) is 0 Å². The zero-order valence-corrected chi connectivity index (χ0v) is 13.1. The van der Waals surface area contributed by atoms with Gasteiger partial charge in [0.15, 0.2) is 0 Å². The molecule has 1 aliphatic rings. The maximum absolute atomic E-state index is 11.3. The predicted molar refractivity (Wildman–Crippen MR) is 85.9 cm³/mol. The number of carbonyl (C=O) groups is 1. The van der Waals surface area contributed by atoms with Gasteiger partial charge < -0.3 is 10.1 Å². The topological polar surface area (TPSA) is 38.3 Å². The lowest BCUT2D eigenvalue weighted by atomic mass is 9.96. The van der Waals surface area contributed by atoms with Crippen LogP contribution in [0.3, 0.4) is 0 Å². The van der Waals surface area contributed by atoms with Crippen molar-refractivity contribution in [3.63, 3.8) is 0 Å². The third-order valence-corrected chi connectivity index (χ3v) is 4.13. The van der Waals surface area contributed by atoms with Crippen LogP contribution >= 0.6 is 0 Å². The van der Waals surface area contributed by atoms with Gasteiger partial charge in [-0.3, -0.25) is 4.79 Å². The van der Waals surface area contributed by atoms with E-state index in [0.717, 1.165) is 25.1 Å². The molecule has 0 saturated carbocycles. The second-order valence-electron chi connectivity index (χ2n) is 5.64. The minimum atomic E-state index is 0.132. The molecule has 0 bridgehead atoms. The molecular weight excluding hydrogens is 262 g/mol. The summed E-state index contributed by atoms with van der Waals surface area (Å²) < 4.78 is 5.73. The zero-order valence-electron chi connectivity index (χ0n) is 13.1. The second-order valence-corrected chi connectivity index (χ2v) is 5.64. The molecule has 1 aliphatic carbocycles. The molecule has 1 atom stereocenters. The van der Waals surface area contributed by atoms with Gasteiger partial charge in [-0.15, -0.1) is 0 Å². The highest BCUT2D eigenvalue weighted by Crippen LogP contribution is 2.38. The van der Waals surface area contributed by atoms with Crippen molar-refractivity contribution < 1.29 is 9.53 Å². The van der Waals surface area contributed by atoms with Crippen LogP contribution in [0, 0.1) is 6.92 Å². The van der Waals surface area contributed by atoms with Crippen molar-refractivity contribution in [3.8, 4) is 5.75 Å². The summed E-state index contributed by atoms with van der Waals surface area (Å²) in [5, 5.41) is 2.97. The molecule has 114 valence electrons. The molecule has 0 aromatic heterocycles. The first kappa shape index (κ1) is 15.6. The first-order valence-electron chi connectivity index (χ1n) is 7.79. The van der Waals surface area contributed by atoms with E-state index >= 15 is 0 Å². The Kier molecular flexibility index (Phi) is 5.43. The summed E-state index contributed by atoms with van der Waals surface area (Å²) in [5.74, 6) is 1.62. The maximum atomic E-state index is 11.3. The maximum Gasteiger partial charge on any atom is 0.219 e. The highest BCUT2D eigenvalue weighted by molar-refractivity contribution is 5.75. The van der Waals surface area contributed by atoms with Crippen molar-refractivity contribution in [3.05, 3.63) is 41.5 Å². The van der Waals surface area contributed by atoms with E-state index in [1.807, 2.05) is 6.92 Å².